The average Bonchev–Trinajstić information content (AvgIpc) is 2.95. The highest BCUT2D eigenvalue weighted by Gasteiger charge is 2.07. The van der Waals surface area contributed by atoms with Crippen molar-refractivity contribution in [1.82, 2.24) is 20.2 Å². The predicted octanol–water partition coefficient (Wildman–Crippen LogP) is 2.48. The summed E-state index contributed by atoms with van der Waals surface area (Å²) in [5.74, 6) is 0. The van der Waals surface area contributed by atoms with Gasteiger partial charge in [0.25, 0.3) is 0 Å². The largest absolute Gasteiger partial charge is 0.380 e. The van der Waals surface area contributed by atoms with Crippen molar-refractivity contribution >= 4 is 5.69 Å². The third-order valence-corrected chi connectivity index (χ3v) is 2.81. The lowest BCUT2D eigenvalue weighted by molar-refractivity contribution is 1.09. The Balaban J connectivity index is 1.78. The third kappa shape index (κ3) is 2.60. The highest BCUT2D eigenvalue weighted by Crippen LogP contribution is 2.20. The van der Waals surface area contributed by atoms with Crippen LogP contribution in [0, 0.1) is 0 Å². The van der Waals surface area contributed by atoms with Crippen LogP contribution in [-0.2, 0) is 6.54 Å². The molecule has 0 spiro atoms. The molecule has 19 heavy (non-hydrogen) atoms. The molecule has 0 saturated heterocycles. The number of nitrogens with zero attached hydrogens (tertiary/aromatic N) is 3. The van der Waals surface area contributed by atoms with Gasteiger partial charge in [0.2, 0.25) is 0 Å². The van der Waals surface area contributed by atoms with Crippen molar-refractivity contribution in [1.29, 1.82) is 0 Å². The minimum Gasteiger partial charge on any atom is -0.380 e. The van der Waals surface area contributed by atoms with Gasteiger partial charge in [-0.25, -0.2) is 0 Å². The number of pyridine rings is 2. The first kappa shape index (κ1) is 11.4. The molecule has 94 valence electrons. The van der Waals surface area contributed by atoms with Crippen molar-refractivity contribution < 1.29 is 0 Å². The summed E-state index contributed by atoms with van der Waals surface area (Å²) in [7, 11) is 0. The van der Waals surface area contributed by atoms with Gasteiger partial charge < -0.3 is 5.32 Å². The molecular weight excluding hydrogens is 238 g/mol. The summed E-state index contributed by atoms with van der Waals surface area (Å²) in [6, 6.07) is 7.80. The van der Waals surface area contributed by atoms with Gasteiger partial charge in [0.15, 0.2) is 0 Å². The lowest BCUT2D eigenvalue weighted by Gasteiger charge is -2.06. The number of hydrogen-bond donors (Lipinski definition) is 2. The minimum absolute atomic E-state index is 0.687. The van der Waals surface area contributed by atoms with Crippen molar-refractivity contribution in [2.45, 2.75) is 6.54 Å². The number of nitrogens with one attached hydrogen (secondary N) is 2. The summed E-state index contributed by atoms with van der Waals surface area (Å²) in [6.45, 7) is 0.687. The van der Waals surface area contributed by atoms with Crippen LogP contribution >= 0.6 is 0 Å². The normalized spacial score (nSPS) is 10.3. The molecule has 0 bridgehead atoms. The maximum absolute atomic E-state index is 4.12. The summed E-state index contributed by atoms with van der Waals surface area (Å²) in [5.41, 5.74) is 4.10. The van der Waals surface area contributed by atoms with Crippen LogP contribution in [-0.4, -0.2) is 20.2 Å². The lowest BCUT2D eigenvalue weighted by atomic mass is 10.1. The van der Waals surface area contributed by atoms with E-state index in [4.69, 9.17) is 0 Å². The Kier molecular flexibility index (Phi) is 3.18. The minimum atomic E-state index is 0.687. The molecule has 0 aliphatic heterocycles. The Morgan fingerprint density at radius 2 is 1.84 bits per heavy atom. The Morgan fingerprint density at radius 3 is 2.58 bits per heavy atom. The summed E-state index contributed by atoms with van der Waals surface area (Å²) in [6.07, 6.45) is 8.95. The molecule has 2 N–H and O–H groups in total. The zero-order chi connectivity index (χ0) is 12.9. The van der Waals surface area contributed by atoms with Crippen LogP contribution in [0.5, 0.6) is 0 Å². The fraction of sp³-hybridized carbons (Fsp3) is 0.0714. The number of anilines is 1. The van der Waals surface area contributed by atoms with Crippen molar-refractivity contribution in [2.24, 2.45) is 0 Å². The highest BCUT2D eigenvalue weighted by molar-refractivity contribution is 5.62. The van der Waals surface area contributed by atoms with Gasteiger partial charge in [-0.1, -0.05) is 0 Å². The number of aromatic nitrogens is 4. The molecule has 5 nitrogen and oxygen atoms in total. The van der Waals surface area contributed by atoms with E-state index in [2.05, 4.69) is 25.5 Å². The van der Waals surface area contributed by atoms with Gasteiger partial charge in [-0.05, 0) is 24.3 Å². The molecule has 5 heteroatoms. The van der Waals surface area contributed by atoms with E-state index in [0.717, 1.165) is 22.5 Å². The third-order valence-electron chi connectivity index (χ3n) is 2.81. The van der Waals surface area contributed by atoms with E-state index in [-0.39, 0.29) is 0 Å². The molecule has 3 aromatic rings. The van der Waals surface area contributed by atoms with Crippen LogP contribution < -0.4 is 5.32 Å². The molecule has 0 fully saturated rings. The fourth-order valence-electron chi connectivity index (χ4n) is 1.87. The molecule has 0 unspecified atom stereocenters. The van der Waals surface area contributed by atoms with Crippen molar-refractivity contribution in [2.75, 3.05) is 5.32 Å². The van der Waals surface area contributed by atoms with E-state index in [0.29, 0.717) is 6.54 Å². The van der Waals surface area contributed by atoms with E-state index < -0.39 is 0 Å². The van der Waals surface area contributed by atoms with Gasteiger partial charge in [-0.2, -0.15) is 5.10 Å². The SMILES string of the molecule is c1cncc(NCc2cn[nH]c2-c2cccnc2)c1. The van der Waals surface area contributed by atoms with Crippen LogP contribution in [0.25, 0.3) is 11.3 Å². The molecule has 3 heterocycles. The van der Waals surface area contributed by atoms with Crippen molar-refractivity contribution in [3.63, 3.8) is 0 Å². The molecule has 3 aromatic heterocycles. The van der Waals surface area contributed by atoms with Gasteiger partial charge >= 0.3 is 0 Å². The van der Waals surface area contributed by atoms with E-state index in [9.17, 15) is 0 Å². The van der Waals surface area contributed by atoms with E-state index in [1.807, 2.05) is 36.7 Å². The first-order chi connectivity index (χ1) is 9.43. The monoisotopic (exact) mass is 251 g/mol. The maximum atomic E-state index is 4.12. The van der Waals surface area contributed by atoms with Crippen LogP contribution in [0.4, 0.5) is 5.69 Å². The first-order valence-corrected chi connectivity index (χ1v) is 6.00. The van der Waals surface area contributed by atoms with Gasteiger partial charge in [-0.15, -0.1) is 0 Å². The number of aromatic amines is 1. The molecule has 0 amide bonds. The van der Waals surface area contributed by atoms with Crippen LogP contribution in [0.3, 0.4) is 0 Å². The lowest BCUT2D eigenvalue weighted by Crippen LogP contribution is -2.00. The van der Waals surface area contributed by atoms with E-state index in [1.165, 1.54) is 0 Å². The average molecular weight is 251 g/mol. The highest BCUT2D eigenvalue weighted by atomic mass is 15.1. The van der Waals surface area contributed by atoms with Crippen LogP contribution in [0.2, 0.25) is 0 Å². The summed E-state index contributed by atoms with van der Waals surface area (Å²) < 4.78 is 0. The fourth-order valence-corrected chi connectivity index (χ4v) is 1.87. The van der Waals surface area contributed by atoms with Crippen LogP contribution in [0.1, 0.15) is 5.56 Å². The summed E-state index contributed by atoms with van der Waals surface area (Å²) in [4.78, 5) is 8.19. The molecule has 3 rings (SSSR count). The summed E-state index contributed by atoms with van der Waals surface area (Å²) in [5, 5.41) is 10.4. The standard InChI is InChI=1S/C14H13N5/c1-3-11(7-15-5-1)14-12(9-18-19-14)8-17-13-4-2-6-16-10-13/h1-7,9-10,17H,8H2,(H,18,19). The molecular formula is C14H13N5. The predicted molar refractivity (Wildman–Crippen MR) is 73.4 cm³/mol. The van der Waals surface area contributed by atoms with Crippen LogP contribution in [0.15, 0.2) is 55.2 Å². The molecule has 0 aliphatic carbocycles. The Morgan fingerprint density at radius 1 is 1.00 bits per heavy atom. The molecule has 0 radical (unpaired) electrons. The van der Waals surface area contributed by atoms with E-state index in [1.54, 1.807) is 18.6 Å². The quantitative estimate of drug-likeness (QED) is 0.747. The van der Waals surface area contributed by atoms with E-state index >= 15 is 0 Å². The smallest absolute Gasteiger partial charge is 0.0715 e. The van der Waals surface area contributed by atoms with Crippen molar-refractivity contribution in [3.8, 4) is 11.3 Å². The summed E-state index contributed by atoms with van der Waals surface area (Å²) >= 11 is 0. The second kappa shape index (κ2) is 5.30. The number of rotatable bonds is 4. The first-order valence-electron chi connectivity index (χ1n) is 6.00. The second-order valence-electron chi connectivity index (χ2n) is 4.11. The Labute approximate surface area is 110 Å². The molecule has 0 aromatic carbocycles. The van der Waals surface area contributed by atoms with Gasteiger partial charge in [0.05, 0.1) is 17.6 Å². The number of hydrogen-bond acceptors (Lipinski definition) is 4. The van der Waals surface area contributed by atoms with Crippen molar-refractivity contribution in [3.05, 3.63) is 60.8 Å². The Bertz CT molecular complexity index is 633. The zero-order valence-corrected chi connectivity index (χ0v) is 10.2. The van der Waals surface area contributed by atoms with Gasteiger partial charge in [0, 0.05) is 42.5 Å². The molecule has 0 atom stereocenters. The second-order valence-corrected chi connectivity index (χ2v) is 4.11. The maximum Gasteiger partial charge on any atom is 0.0715 e. The molecule has 0 aliphatic rings. The Hall–Kier alpha value is -2.69. The molecule has 0 saturated carbocycles. The topological polar surface area (TPSA) is 66.5 Å². The van der Waals surface area contributed by atoms with Gasteiger partial charge in [-0.3, -0.25) is 15.1 Å². The van der Waals surface area contributed by atoms with Gasteiger partial charge in [0.1, 0.15) is 0 Å². The number of H-pyrrole nitrogens is 1. The zero-order valence-electron chi connectivity index (χ0n) is 10.2.